The fourth-order valence-electron chi connectivity index (χ4n) is 4.12. The highest BCUT2D eigenvalue weighted by molar-refractivity contribution is 5.95. The maximum absolute atomic E-state index is 12.5. The Morgan fingerprint density at radius 3 is 2.62 bits per heavy atom. The number of ether oxygens (including phenoxy) is 3. The molecular weight excluding hydrogens is 455 g/mol. The van der Waals surface area contributed by atoms with Crippen LogP contribution in [-0.4, -0.2) is 41.9 Å². The van der Waals surface area contributed by atoms with Gasteiger partial charge in [0.2, 0.25) is 5.88 Å². The Hall–Kier alpha value is -3.34. The van der Waals surface area contributed by atoms with Crippen LogP contribution in [0.15, 0.2) is 30.3 Å². The van der Waals surface area contributed by atoms with Gasteiger partial charge in [0.15, 0.2) is 0 Å². The summed E-state index contributed by atoms with van der Waals surface area (Å²) in [5, 5.41) is 2.85. The monoisotopic (exact) mass is 479 g/mol. The Morgan fingerprint density at radius 2 is 1.91 bits per heavy atom. The van der Waals surface area contributed by atoms with E-state index in [0.29, 0.717) is 45.3 Å². The van der Waals surface area contributed by atoms with Crippen LogP contribution >= 0.6 is 0 Å². The highest BCUT2D eigenvalue weighted by Crippen LogP contribution is 2.29. The average molecular weight is 479 g/mol. The number of benzene rings is 1. The maximum Gasteiger partial charge on any atom is 0.573 e. The lowest BCUT2D eigenvalue weighted by molar-refractivity contribution is -0.274. The lowest BCUT2D eigenvalue weighted by atomic mass is 9.92. The minimum absolute atomic E-state index is 0.0773. The van der Waals surface area contributed by atoms with Gasteiger partial charge in [0.1, 0.15) is 17.4 Å². The van der Waals surface area contributed by atoms with Crippen LogP contribution in [0.4, 0.5) is 13.2 Å². The highest BCUT2D eigenvalue weighted by Gasteiger charge is 2.31. The van der Waals surface area contributed by atoms with Crippen molar-refractivity contribution in [1.29, 1.82) is 0 Å². The number of carbonyl (C=O) groups is 2. The Kier molecular flexibility index (Phi) is 6.92. The molecule has 3 N–H and O–H groups in total. The molecule has 2 heterocycles. The van der Waals surface area contributed by atoms with E-state index >= 15 is 0 Å². The third kappa shape index (κ3) is 5.96. The van der Waals surface area contributed by atoms with Crippen LogP contribution in [0.1, 0.15) is 57.7 Å². The number of carbonyl (C=O) groups excluding carboxylic acids is 2. The summed E-state index contributed by atoms with van der Waals surface area (Å²) in [7, 11) is 0. The van der Waals surface area contributed by atoms with Crippen LogP contribution in [0.25, 0.3) is 0 Å². The predicted molar refractivity (Wildman–Crippen MR) is 113 cm³/mol. The van der Waals surface area contributed by atoms with Crippen molar-refractivity contribution >= 4 is 11.8 Å². The second-order valence-electron chi connectivity index (χ2n) is 8.25. The van der Waals surface area contributed by atoms with Gasteiger partial charge in [-0.15, -0.1) is 13.2 Å². The molecule has 1 fully saturated rings. The van der Waals surface area contributed by atoms with Crippen LogP contribution in [0.3, 0.4) is 0 Å². The van der Waals surface area contributed by atoms with Crippen LogP contribution < -0.4 is 20.5 Å². The highest BCUT2D eigenvalue weighted by atomic mass is 19.4. The van der Waals surface area contributed by atoms with Gasteiger partial charge in [0.25, 0.3) is 11.8 Å². The molecule has 1 aromatic carbocycles. The molecule has 11 heteroatoms. The number of fused-ring (bicyclic) bond motifs is 1. The second kappa shape index (κ2) is 9.88. The van der Waals surface area contributed by atoms with Crippen molar-refractivity contribution in [1.82, 2.24) is 10.3 Å². The first-order valence-electron chi connectivity index (χ1n) is 10.9. The number of rotatable bonds is 6. The Balaban J connectivity index is 1.34. The van der Waals surface area contributed by atoms with E-state index in [-0.39, 0.29) is 29.2 Å². The molecule has 0 bridgehead atoms. The number of hydrogen-bond donors (Lipinski definition) is 2. The summed E-state index contributed by atoms with van der Waals surface area (Å²) >= 11 is 0. The normalized spacial score (nSPS) is 20.2. The molecule has 2 aromatic rings. The fraction of sp³-hybridized carbons (Fsp3) is 0.435. The number of amides is 2. The summed E-state index contributed by atoms with van der Waals surface area (Å²) in [6, 6.07) is 6.44. The van der Waals surface area contributed by atoms with Gasteiger partial charge in [-0.3, -0.25) is 9.59 Å². The maximum atomic E-state index is 12.5. The third-order valence-electron chi connectivity index (χ3n) is 5.78. The summed E-state index contributed by atoms with van der Waals surface area (Å²) in [6.07, 6.45) is -2.02. The van der Waals surface area contributed by atoms with Gasteiger partial charge in [-0.25, -0.2) is 4.98 Å². The Labute approximate surface area is 193 Å². The summed E-state index contributed by atoms with van der Waals surface area (Å²) in [6.45, 7) is 0.921. The first-order chi connectivity index (χ1) is 16.2. The molecule has 2 amide bonds. The summed E-state index contributed by atoms with van der Waals surface area (Å²) in [4.78, 5) is 28.9. The largest absolute Gasteiger partial charge is 0.573 e. The van der Waals surface area contributed by atoms with Gasteiger partial charge in [0, 0.05) is 23.6 Å². The number of nitrogens with zero attached hydrogens (tertiary/aromatic N) is 1. The van der Waals surface area contributed by atoms with E-state index < -0.39 is 23.9 Å². The van der Waals surface area contributed by atoms with Crippen LogP contribution in [0, 0.1) is 0 Å². The fourth-order valence-corrected chi connectivity index (χ4v) is 4.12. The molecule has 8 nitrogen and oxygen atoms in total. The van der Waals surface area contributed by atoms with Crippen molar-refractivity contribution in [2.24, 2.45) is 5.73 Å². The molecule has 34 heavy (non-hydrogen) atoms. The van der Waals surface area contributed by atoms with Gasteiger partial charge < -0.3 is 25.3 Å². The standard InChI is InChI=1S/C23H24F3N3O5/c24-23(25,26)34-17-3-1-2-13(10-17)21(31)28-15-4-6-16(7-5-15)33-22-18(20(27)30)11-14-12-32-9-8-19(14)29-22/h1-3,10-11,15-16H,4-9,12H2,(H2,27,30)(H,28,31). The topological polar surface area (TPSA) is 113 Å². The Bertz CT molecular complexity index is 1070. The minimum atomic E-state index is -4.83. The number of nitrogens with one attached hydrogen (secondary N) is 1. The molecule has 0 unspecified atom stereocenters. The van der Waals surface area contributed by atoms with Crippen molar-refractivity contribution in [2.75, 3.05) is 6.61 Å². The van der Waals surface area contributed by atoms with E-state index in [1.54, 1.807) is 6.07 Å². The molecule has 0 radical (unpaired) electrons. The predicted octanol–water partition coefficient (Wildman–Crippen LogP) is 3.27. The van der Waals surface area contributed by atoms with Crippen molar-refractivity contribution in [3.8, 4) is 11.6 Å². The quantitative estimate of drug-likeness (QED) is 0.658. The molecule has 1 aliphatic carbocycles. The number of halogens is 3. The smallest absolute Gasteiger partial charge is 0.474 e. The average Bonchev–Trinajstić information content (AvgIpc) is 2.79. The van der Waals surface area contributed by atoms with Gasteiger partial charge in [-0.2, -0.15) is 0 Å². The summed E-state index contributed by atoms with van der Waals surface area (Å²) < 4.78 is 52.6. The van der Waals surface area contributed by atoms with Crippen LogP contribution in [0.2, 0.25) is 0 Å². The van der Waals surface area contributed by atoms with Crippen molar-refractivity contribution in [3.05, 3.63) is 52.7 Å². The van der Waals surface area contributed by atoms with Crippen molar-refractivity contribution in [2.45, 2.75) is 57.2 Å². The summed E-state index contributed by atoms with van der Waals surface area (Å²) in [5.74, 6) is -1.35. The molecule has 1 aliphatic heterocycles. The molecule has 0 spiro atoms. The first-order valence-corrected chi connectivity index (χ1v) is 10.9. The minimum Gasteiger partial charge on any atom is -0.474 e. The number of alkyl halides is 3. The molecule has 4 rings (SSSR count). The Morgan fingerprint density at radius 1 is 1.15 bits per heavy atom. The number of nitrogens with two attached hydrogens (primary N) is 1. The van der Waals surface area contributed by atoms with E-state index in [1.165, 1.54) is 12.1 Å². The van der Waals surface area contributed by atoms with Gasteiger partial charge in [-0.05, 0) is 49.9 Å². The molecule has 1 saturated carbocycles. The molecular formula is C23H24F3N3O5. The van der Waals surface area contributed by atoms with Gasteiger partial charge >= 0.3 is 6.36 Å². The third-order valence-corrected chi connectivity index (χ3v) is 5.78. The van der Waals surface area contributed by atoms with Crippen molar-refractivity contribution in [3.63, 3.8) is 0 Å². The van der Waals surface area contributed by atoms with E-state index in [0.717, 1.165) is 23.4 Å². The van der Waals surface area contributed by atoms with E-state index in [1.807, 2.05) is 0 Å². The second-order valence-corrected chi connectivity index (χ2v) is 8.25. The molecule has 1 aromatic heterocycles. The molecule has 182 valence electrons. The van der Waals surface area contributed by atoms with E-state index in [9.17, 15) is 22.8 Å². The van der Waals surface area contributed by atoms with Crippen LogP contribution in [-0.2, 0) is 17.8 Å². The van der Waals surface area contributed by atoms with Crippen LogP contribution in [0.5, 0.6) is 11.6 Å². The number of primary amides is 1. The number of aromatic nitrogens is 1. The van der Waals surface area contributed by atoms with Crippen molar-refractivity contribution < 1.29 is 37.0 Å². The molecule has 2 aliphatic rings. The first kappa shape index (κ1) is 23.8. The SMILES string of the molecule is NC(=O)c1cc2c(nc1OC1CCC(NC(=O)c3cccc(OC(F)(F)F)c3)CC1)CCOC2. The van der Waals surface area contributed by atoms with Gasteiger partial charge in [0.05, 0.1) is 18.9 Å². The molecule has 0 saturated heterocycles. The summed E-state index contributed by atoms with van der Waals surface area (Å²) in [5.41, 5.74) is 7.44. The zero-order valence-corrected chi connectivity index (χ0v) is 18.2. The number of hydrogen-bond acceptors (Lipinski definition) is 6. The van der Waals surface area contributed by atoms with Gasteiger partial charge in [-0.1, -0.05) is 6.07 Å². The lowest BCUT2D eigenvalue weighted by Crippen LogP contribution is -2.40. The van der Waals surface area contributed by atoms with E-state index in [2.05, 4.69) is 15.0 Å². The molecule has 0 atom stereocenters. The van der Waals surface area contributed by atoms with E-state index in [4.69, 9.17) is 15.2 Å². The zero-order chi connectivity index (χ0) is 24.3. The zero-order valence-electron chi connectivity index (χ0n) is 18.2. The lowest BCUT2D eigenvalue weighted by Gasteiger charge is -2.30. The number of pyridine rings is 1.